The number of carbonyl (C=O) groups is 2. The number of halogens is 1. The van der Waals surface area contributed by atoms with Gasteiger partial charge in [0.05, 0.1) is 21.6 Å². The Morgan fingerprint density at radius 3 is 2.48 bits per heavy atom. The summed E-state index contributed by atoms with van der Waals surface area (Å²) in [6.45, 7) is 2.18. The van der Waals surface area contributed by atoms with Gasteiger partial charge in [0.15, 0.2) is 0 Å². The quantitative estimate of drug-likeness (QED) is 0.243. The Balaban J connectivity index is 0.000000274. The Morgan fingerprint density at radius 2 is 1.88 bits per heavy atom. The zero-order chi connectivity index (χ0) is 28.4. The molecule has 3 heterocycles. The lowest BCUT2D eigenvalue weighted by Gasteiger charge is -2.12. The van der Waals surface area contributed by atoms with E-state index in [9.17, 15) is 14.4 Å². The fourth-order valence-corrected chi connectivity index (χ4v) is 4.42. The number of hydrogen-bond acceptors (Lipinski definition) is 7. The second-order valence-corrected chi connectivity index (χ2v) is 9.78. The first-order chi connectivity index (χ1) is 19.2. The molecule has 40 heavy (non-hydrogen) atoms. The molecule has 0 spiro atoms. The van der Waals surface area contributed by atoms with Crippen LogP contribution >= 0.6 is 11.6 Å². The van der Waals surface area contributed by atoms with Gasteiger partial charge in [0.2, 0.25) is 23.2 Å². The summed E-state index contributed by atoms with van der Waals surface area (Å²) in [5.41, 5.74) is 8.56. The van der Waals surface area contributed by atoms with Crippen LogP contribution in [0.2, 0.25) is 5.02 Å². The van der Waals surface area contributed by atoms with E-state index in [4.69, 9.17) is 27.0 Å². The van der Waals surface area contributed by atoms with Crippen molar-refractivity contribution in [3.8, 4) is 17.2 Å². The first-order valence-corrected chi connectivity index (χ1v) is 12.7. The average Bonchev–Trinajstić information content (AvgIpc) is 3.45. The van der Waals surface area contributed by atoms with Gasteiger partial charge in [-0.25, -0.2) is 4.79 Å². The van der Waals surface area contributed by atoms with Gasteiger partial charge in [0.1, 0.15) is 5.69 Å². The molecular weight excluding hydrogens is 536 g/mol. The number of benzene rings is 2. The molecule has 2 aromatic carbocycles. The molecule has 6 rings (SSSR count). The smallest absolute Gasteiger partial charge is 0.337 e. The first-order valence-electron chi connectivity index (χ1n) is 12.3. The highest BCUT2D eigenvalue weighted by Gasteiger charge is 2.45. The second kappa shape index (κ2) is 10.8. The number of aromatic amines is 1. The molecule has 1 amide bonds. The number of carboxylic acids is 1. The molecule has 1 aliphatic rings. The first kappa shape index (κ1) is 26.9. The highest BCUT2D eigenvalue weighted by Crippen LogP contribution is 2.38. The zero-order valence-electron chi connectivity index (χ0n) is 21.3. The van der Waals surface area contributed by atoms with Crippen LogP contribution in [0.5, 0.6) is 0 Å². The van der Waals surface area contributed by atoms with E-state index in [1.807, 2.05) is 53.1 Å². The summed E-state index contributed by atoms with van der Waals surface area (Å²) < 4.78 is 7.20. The van der Waals surface area contributed by atoms with Crippen LogP contribution in [-0.4, -0.2) is 42.2 Å². The van der Waals surface area contributed by atoms with Crippen LogP contribution in [0.25, 0.3) is 28.1 Å². The number of para-hydroxylation sites is 1. The highest BCUT2D eigenvalue weighted by molar-refractivity contribution is 6.38. The van der Waals surface area contributed by atoms with Crippen molar-refractivity contribution < 1.29 is 19.2 Å². The molecule has 0 saturated heterocycles. The van der Waals surface area contributed by atoms with E-state index in [2.05, 4.69) is 20.4 Å². The summed E-state index contributed by atoms with van der Waals surface area (Å²) in [5, 5.41) is 16.8. The lowest BCUT2D eigenvalue weighted by atomic mass is 10.2. The van der Waals surface area contributed by atoms with E-state index in [1.165, 1.54) is 12.1 Å². The zero-order valence-corrected chi connectivity index (χ0v) is 22.1. The van der Waals surface area contributed by atoms with Crippen molar-refractivity contribution >= 4 is 34.4 Å². The van der Waals surface area contributed by atoms with E-state index in [-0.39, 0.29) is 17.0 Å². The summed E-state index contributed by atoms with van der Waals surface area (Å²) >= 11 is 6.72. The number of amides is 1. The predicted molar refractivity (Wildman–Crippen MR) is 148 cm³/mol. The molecule has 12 heteroatoms. The molecule has 0 radical (unpaired) electrons. The topological polar surface area (TPSA) is 169 Å². The van der Waals surface area contributed by atoms with Crippen LogP contribution in [0.1, 0.15) is 34.7 Å². The third kappa shape index (κ3) is 5.51. The second-order valence-electron chi connectivity index (χ2n) is 9.40. The summed E-state index contributed by atoms with van der Waals surface area (Å²) in [7, 11) is 0. The van der Waals surface area contributed by atoms with Crippen molar-refractivity contribution in [2.75, 3.05) is 0 Å². The number of aryl methyl sites for hydroxylation is 1. The Bertz CT molecular complexity index is 1750. The number of rotatable bonds is 6. The van der Waals surface area contributed by atoms with Gasteiger partial charge in [0.25, 0.3) is 0 Å². The minimum Gasteiger partial charge on any atom is -0.478 e. The number of carbonyl (C=O) groups excluding carboxylic acids is 1. The lowest BCUT2D eigenvalue weighted by molar-refractivity contribution is -0.123. The Labute approximate surface area is 232 Å². The molecular formula is C28H25ClN6O5. The van der Waals surface area contributed by atoms with E-state index < -0.39 is 11.5 Å². The predicted octanol–water partition coefficient (Wildman–Crippen LogP) is 3.82. The number of hydrogen-bond donors (Lipinski definition) is 4. The number of nitrogens with zero attached hydrogens (tertiary/aromatic N) is 3. The molecule has 0 bridgehead atoms. The largest absolute Gasteiger partial charge is 0.478 e. The molecule has 0 unspecified atom stereocenters. The molecule has 1 aliphatic carbocycles. The van der Waals surface area contributed by atoms with Gasteiger partial charge < -0.3 is 30.2 Å². The van der Waals surface area contributed by atoms with Gasteiger partial charge in [-0.15, -0.1) is 0 Å². The number of H-pyrrole nitrogens is 1. The van der Waals surface area contributed by atoms with Gasteiger partial charge in [-0.3, -0.25) is 9.59 Å². The summed E-state index contributed by atoms with van der Waals surface area (Å²) in [4.78, 5) is 39.3. The Hall–Kier alpha value is -4.74. The number of nitrogens with one attached hydrogen (secondary N) is 2. The third-order valence-electron chi connectivity index (χ3n) is 6.47. The van der Waals surface area contributed by atoms with E-state index >= 15 is 0 Å². The Morgan fingerprint density at radius 1 is 1.15 bits per heavy atom. The number of aromatic nitrogens is 4. The number of nitrogens with two attached hydrogens (primary N) is 1. The molecule has 1 fully saturated rings. The summed E-state index contributed by atoms with van der Waals surface area (Å²) in [6, 6.07) is 18.2. The normalized spacial score (nSPS) is 13.4. The molecule has 11 nitrogen and oxygen atoms in total. The maximum Gasteiger partial charge on any atom is 0.337 e. The SMILES string of the molecule is Cc1nc(-c2c(Cl)c3ccccc3n2-c2ccc(CNC(=O)C3(N)CC3)cc2)no1.O=C(O)c1ccc(=O)[nH]c1. The van der Waals surface area contributed by atoms with Crippen molar-refractivity contribution in [2.24, 2.45) is 5.73 Å². The van der Waals surface area contributed by atoms with Crippen molar-refractivity contribution in [1.82, 2.24) is 25.0 Å². The van der Waals surface area contributed by atoms with Crippen molar-refractivity contribution in [2.45, 2.75) is 31.8 Å². The Kier molecular flexibility index (Phi) is 7.24. The maximum absolute atomic E-state index is 12.1. The van der Waals surface area contributed by atoms with E-state index in [1.54, 1.807) is 6.92 Å². The number of aromatic carboxylic acids is 1. The summed E-state index contributed by atoms with van der Waals surface area (Å²) in [6.07, 6.45) is 2.65. The van der Waals surface area contributed by atoms with Crippen LogP contribution in [0, 0.1) is 6.92 Å². The molecule has 5 aromatic rings. The van der Waals surface area contributed by atoms with Crippen LogP contribution in [0.3, 0.4) is 0 Å². The van der Waals surface area contributed by atoms with Crippen LogP contribution in [-0.2, 0) is 11.3 Å². The standard InChI is InChI=1S/C22H20ClN5O2.C6H5NO3/c1-13-26-20(27-30-13)19-18(23)16-4-2-3-5-17(16)28(19)15-8-6-14(7-9-15)12-25-21(29)22(24)10-11-22;8-5-2-1-4(3-7-5)6(9)10/h2-9H,10-12,24H2,1H3,(H,25,29);1-3H,(H,7,8)(H,9,10). The van der Waals surface area contributed by atoms with Crippen LogP contribution in [0.15, 0.2) is 76.2 Å². The fourth-order valence-electron chi connectivity index (χ4n) is 4.09. The number of carboxylic acid groups (broad SMARTS) is 1. The molecule has 204 valence electrons. The third-order valence-corrected chi connectivity index (χ3v) is 6.85. The minimum absolute atomic E-state index is 0.0830. The lowest BCUT2D eigenvalue weighted by Crippen LogP contribution is -2.42. The minimum atomic E-state index is -1.05. The molecule has 1 saturated carbocycles. The maximum atomic E-state index is 12.1. The molecule has 3 aromatic heterocycles. The monoisotopic (exact) mass is 560 g/mol. The van der Waals surface area contributed by atoms with Crippen LogP contribution < -0.4 is 16.6 Å². The van der Waals surface area contributed by atoms with Crippen molar-refractivity contribution in [3.05, 3.63) is 99.3 Å². The molecule has 0 atom stereocenters. The number of fused-ring (bicyclic) bond motifs is 1. The van der Waals surface area contributed by atoms with Crippen molar-refractivity contribution in [3.63, 3.8) is 0 Å². The highest BCUT2D eigenvalue weighted by atomic mass is 35.5. The molecule has 5 N–H and O–H groups in total. The van der Waals surface area contributed by atoms with Crippen molar-refractivity contribution in [1.29, 1.82) is 0 Å². The van der Waals surface area contributed by atoms with Gasteiger partial charge >= 0.3 is 5.97 Å². The number of pyridine rings is 1. The van der Waals surface area contributed by atoms with Gasteiger partial charge in [-0.1, -0.05) is 47.1 Å². The average molecular weight is 561 g/mol. The molecule has 0 aliphatic heterocycles. The fraction of sp³-hybridized carbons (Fsp3) is 0.179. The van der Waals surface area contributed by atoms with E-state index in [0.717, 1.165) is 41.2 Å². The van der Waals surface area contributed by atoms with Gasteiger partial charge in [-0.05, 0) is 42.7 Å². The van der Waals surface area contributed by atoms with E-state index in [0.29, 0.717) is 29.0 Å². The van der Waals surface area contributed by atoms with Gasteiger partial charge in [-0.2, -0.15) is 4.98 Å². The van der Waals surface area contributed by atoms with Crippen LogP contribution in [0.4, 0.5) is 0 Å². The van der Waals surface area contributed by atoms with Gasteiger partial charge in [0, 0.05) is 36.8 Å². The summed E-state index contributed by atoms with van der Waals surface area (Å²) in [5.74, 6) is -0.235.